The number of rotatable bonds is 5. The van der Waals surface area contributed by atoms with Gasteiger partial charge in [0.05, 0.1) is 12.7 Å². The summed E-state index contributed by atoms with van der Waals surface area (Å²) in [5.74, 6) is 0. The van der Waals surface area contributed by atoms with Crippen molar-refractivity contribution in [1.29, 1.82) is 0 Å². The monoisotopic (exact) mass is 189 g/mol. The fourth-order valence-electron chi connectivity index (χ4n) is 1.37. The Bertz CT molecular complexity index is 144. The lowest BCUT2D eigenvalue weighted by atomic mass is 10.0. The summed E-state index contributed by atoms with van der Waals surface area (Å²) in [6.45, 7) is 4.12. The molecular weight excluding hydrogens is 170 g/mol. The first-order valence-corrected chi connectivity index (χ1v) is 4.81. The summed E-state index contributed by atoms with van der Waals surface area (Å²) in [4.78, 5) is 0. The molecule has 0 aliphatic carbocycles. The molecule has 4 heteroatoms. The van der Waals surface area contributed by atoms with Gasteiger partial charge < -0.3 is 20.3 Å². The molecule has 0 saturated carbocycles. The van der Waals surface area contributed by atoms with Gasteiger partial charge in [-0.15, -0.1) is 0 Å². The minimum atomic E-state index is -0.682. The second-order valence-electron chi connectivity index (χ2n) is 3.84. The van der Waals surface area contributed by atoms with Gasteiger partial charge in [-0.25, -0.2) is 0 Å². The molecule has 0 spiro atoms. The molecule has 0 amide bonds. The maximum Gasteiger partial charge on any atom is 0.102 e. The van der Waals surface area contributed by atoms with Gasteiger partial charge in [-0.05, 0) is 19.9 Å². The average Bonchev–Trinajstić information content (AvgIpc) is 2.47. The fraction of sp³-hybridized carbons (Fsp3) is 1.00. The molecule has 0 aromatic carbocycles. The molecule has 1 heterocycles. The van der Waals surface area contributed by atoms with Crippen molar-refractivity contribution in [2.24, 2.45) is 0 Å². The van der Waals surface area contributed by atoms with E-state index in [0.29, 0.717) is 26.2 Å². The molecule has 1 fully saturated rings. The van der Waals surface area contributed by atoms with Gasteiger partial charge in [0.2, 0.25) is 0 Å². The van der Waals surface area contributed by atoms with Crippen LogP contribution in [0.4, 0.5) is 0 Å². The first-order valence-electron chi connectivity index (χ1n) is 4.81. The van der Waals surface area contributed by atoms with E-state index < -0.39 is 5.60 Å². The Kier molecular flexibility index (Phi) is 4.12. The van der Waals surface area contributed by atoms with Gasteiger partial charge >= 0.3 is 0 Å². The van der Waals surface area contributed by atoms with Crippen molar-refractivity contribution in [3.05, 3.63) is 0 Å². The third-order valence-electron chi connectivity index (χ3n) is 2.28. The number of aliphatic hydroxyl groups is 2. The van der Waals surface area contributed by atoms with Gasteiger partial charge in [0.1, 0.15) is 5.60 Å². The van der Waals surface area contributed by atoms with E-state index in [9.17, 15) is 5.11 Å². The number of nitrogens with one attached hydrogen (secondary N) is 1. The normalized spacial score (nSPS) is 30.7. The summed E-state index contributed by atoms with van der Waals surface area (Å²) < 4.78 is 5.10. The highest BCUT2D eigenvalue weighted by atomic mass is 16.5. The Morgan fingerprint density at radius 2 is 2.38 bits per heavy atom. The molecule has 4 nitrogen and oxygen atoms in total. The minimum absolute atomic E-state index is 0.276. The summed E-state index contributed by atoms with van der Waals surface area (Å²) in [5.41, 5.74) is -0.682. The molecule has 3 N–H and O–H groups in total. The Hall–Kier alpha value is -0.160. The van der Waals surface area contributed by atoms with Crippen LogP contribution in [-0.4, -0.2) is 48.2 Å². The second-order valence-corrected chi connectivity index (χ2v) is 3.84. The van der Waals surface area contributed by atoms with Gasteiger partial charge in [0, 0.05) is 19.6 Å². The molecule has 1 aliphatic heterocycles. The van der Waals surface area contributed by atoms with E-state index in [4.69, 9.17) is 9.84 Å². The van der Waals surface area contributed by atoms with Crippen LogP contribution in [0.25, 0.3) is 0 Å². The fourth-order valence-corrected chi connectivity index (χ4v) is 1.37. The van der Waals surface area contributed by atoms with Crippen molar-refractivity contribution < 1.29 is 14.9 Å². The van der Waals surface area contributed by atoms with E-state index in [0.717, 1.165) is 13.0 Å². The van der Waals surface area contributed by atoms with Gasteiger partial charge in [-0.2, -0.15) is 0 Å². The highest BCUT2D eigenvalue weighted by Gasteiger charge is 2.31. The highest BCUT2D eigenvalue weighted by Crippen LogP contribution is 2.16. The first kappa shape index (κ1) is 10.9. The van der Waals surface area contributed by atoms with Crippen molar-refractivity contribution in [3.63, 3.8) is 0 Å². The molecule has 13 heavy (non-hydrogen) atoms. The zero-order chi connectivity index (χ0) is 9.73. The van der Waals surface area contributed by atoms with Gasteiger partial charge in [-0.3, -0.25) is 0 Å². The van der Waals surface area contributed by atoms with Gasteiger partial charge in [0.15, 0.2) is 0 Å². The lowest BCUT2D eigenvalue weighted by Gasteiger charge is -2.20. The SMILES string of the molecule is CC(O)CCNCC1(O)CCOC1. The molecule has 2 unspecified atom stereocenters. The topological polar surface area (TPSA) is 61.7 Å². The standard InChI is InChI=1S/C9H19NO3/c1-8(11)2-4-10-6-9(12)3-5-13-7-9/h8,10-12H,2-7H2,1H3. The van der Waals surface area contributed by atoms with Crippen molar-refractivity contribution in [1.82, 2.24) is 5.32 Å². The predicted molar refractivity (Wildman–Crippen MR) is 49.6 cm³/mol. The molecule has 1 aliphatic rings. The quantitative estimate of drug-likeness (QED) is 0.510. The van der Waals surface area contributed by atoms with Crippen molar-refractivity contribution in [2.45, 2.75) is 31.5 Å². The van der Waals surface area contributed by atoms with E-state index in [1.807, 2.05) is 0 Å². The molecule has 0 radical (unpaired) electrons. The van der Waals surface area contributed by atoms with Crippen LogP contribution in [0.3, 0.4) is 0 Å². The summed E-state index contributed by atoms with van der Waals surface area (Å²) in [5, 5.41) is 21.9. The van der Waals surface area contributed by atoms with Crippen molar-refractivity contribution >= 4 is 0 Å². The van der Waals surface area contributed by atoms with E-state index in [1.54, 1.807) is 6.92 Å². The summed E-state index contributed by atoms with van der Waals surface area (Å²) in [6.07, 6.45) is 1.15. The molecule has 0 aromatic heterocycles. The van der Waals surface area contributed by atoms with E-state index in [-0.39, 0.29) is 6.10 Å². The smallest absolute Gasteiger partial charge is 0.102 e. The molecule has 0 bridgehead atoms. The third-order valence-corrected chi connectivity index (χ3v) is 2.28. The summed E-state index contributed by atoms with van der Waals surface area (Å²) in [6, 6.07) is 0. The third kappa shape index (κ3) is 4.04. The van der Waals surface area contributed by atoms with Gasteiger partial charge in [0.25, 0.3) is 0 Å². The van der Waals surface area contributed by atoms with Crippen LogP contribution in [0, 0.1) is 0 Å². The molecule has 78 valence electrons. The minimum Gasteiger partial charge on any atom is -0.393 e. The molecule has 1 saturated heterocycles. The molecule has 1 rings (SSSR count). The van der Waals surface area contributed by atoms with Crippen LogP contribution in [0.5, 0.6) is 0 Å². The van der Waals surface area contributed by atoms with E-state index >= 15 is 0 Å². The zero-order valence-corrected chi connectivity index (χ0v) is 8.12. The zero-order valence-electron chi connectivity index (χ0n) is 8.12. The van der Waals surface area contributed by atoms with Crippen LogP contribution >= 0.6 is 0 Å². The van der Waals surface area contributed by atoms with E-state index in [2.05, 4.69) is 5.32 Å². The Labute approximate surface area is 78.9 Å². The number of hydrogen-bond acceptors (Lipinski definition) is 4. The molecular formula is C9H19NO3. The largest absolute Gasteiger partial charge is 0.393 e. The maximum absolute atomic E-state index is 9.81. The Morgan fingerprint density at radius 1 is 1.62 bits per heavy atom. The van der Waals surface area contributed by atoms with Crippen LogP contribution in [0.15, 0.2) is 0 Å². The van der Waals surface area contributed by atoms with Crippen LogP contribution in [0.2, 0.25) is 0 Å². The molecule has 0 aromatic rings. The van der Waals surface area contributed by atoms with Crippen molar-refractivity contribution in [3.8, 4) is 0 Å². The van der Waals surface area contributed by atoms with Crippen LogP contribution in [0.1, 0.15) is 19.8 Å². The lowest BCUT2D eigenvalue weighted by Crippen LogP contribution is -2.41. The highest BCUT2D eigenvalue weighted by molar-refractivity contribution is 4.84. The number of ether oxygens (including phenoxy) is 1. The summed E-state index contributed by atoms with van der Waals surface area (Å²) >= 11 is 0. The van der Waals surface area contributed by atoms with Crippen LogP contribution < -0.4 is 5.32 Å². The van der Waals surface area contributed by atoms with Crippen molar-refractivity contribution in [2.75, 3.05) is 26.3 Å². The summed E-state index contributed by atoms with van der Waals surface area (Å²) in [7, 11) is 0. The first-order chi connectivity index (χ1) is 6.12. The predicted octanol–water partition coefficient (Wildman–Crippen LogP) is -0.502. The average molecular weight is 189 g/mol. The van der Waals surface area contributed by atoms with E-state index in [1.165, 1.54) is 0 Å². The Morgan fingerprint density at radius 3 is 2.92 bits per heavy atom. The maximum atomic E-state index is 9.81. The van der Waals surface area contributed by atoms with Crippen LogP contribution in [-0.2, 0) is 4.74 Å². The number of hydrogen-bond donors (Lipinski definition) is 3. The molecule has 2 atom stereocenters. The lowest BCUT2D eigenvalue weighted by molar-refractivity contribution is 0.0265. The van der Waals surface area contributed by atoms with Gasteiger partial charge in [-0.1, -0.05) is 0 Å². The number of aliphatic hydroxyl groups excluding tert-OH is 1. The second kappa shape index (κ2) is 4.91. The Balaban J connectivity index is 2.04.